The molecular formula is C12H22N3O5+. The summed E-state index contributed by atoms with van der Waals surface area (Å²) in [4.78, 5) is 24.1. The van der Waals surface area contributed by atoms with E-state index in [0.717, 1.165) is 0 Å². The number of aliphatic hydroxyl groups excluding tert-OH is 1. The Hall–Kier alpha value is -1.77. The van der Waals surface area contributed by atoms with Crippen LogP contribution in [0.2, 0.25) is 0 Å². The molecule has 0 spiro atoms. The molecule has 2 N–H and O–H groups in total. The molecule has 0 radical (unpaired) electrons. The molecule has 0 aromatic rings. The maximum absolute atomic E-state index is 10.4. The molecule has 1 aliphatic rings. The number of hydrogen-bond donors (Lipinski definition) is 2. The number of carboxylic acids is 2. The Balaban J connectivity index is 0.000000396. The second-order valence-electron chi connectivity index (χ2n) is 5.56. The molecule has 0 bridgehead atoms. The normalized spacial score (nSPS) is 22.1. The second kappa shape index (κ2) is 7.13. The molecule has 114 valence electrons. The van der Waals surface area contributed by atoms with Crippen molar-refractivity contribution >= 4 is 18.3 Å². The predicted molar refractivity (Wildman–Crippen MR) is 70.0 cm³/mol. The number of rotatable bonds is 5. The summed E-state index contributed by atoms with van der Waals surface area (Å²) in [6, 6.07) is 0. The van der Waals surface area contributed by atoms with Gasteiger partial charge in [-0.2, -0.15) is 0 Å². The van der Waals surface area contributed by atoms with Gasteiger partial charge in [-0.3, -0.25) is 0 Å². The summed E-state index contributed by atoms with van der Waals surface area (Å²) < 4.78 is 0.289. The Kier molecular flexibility index (Phi) is 6.50. The number of carboxylic acid groups (broad SMARTS) is 2. The van der Waals surface area contributed by atoms with Crippen LogP contribution in [-0.4, -0.2) is 77.9 Å². The number of aliphatic imine (C=N–C) groups is 1. The molecule has 0 aromatic carbocycles. The third-order valence-corrected chi connectivity index (χ3v) is 2.42. The van der Waals surface area contributed by atoms with Gasteiger partial charge in [0.2, 0.25) is 0 Å². The lowest BCUT2D eigenvalue weighted by Gasteiger charge is -2.27. The van der Waals surface area contributed by atoms with E-state index in [1.54, 1.807) is 27.3 Å². The van der Waals surface area contributed by atoms with Crippen molar-refractivity contribution in [2.24, 2.45) is 4.99 Å². The third kappa shape index (κ3) is 6.98. The number of likely N-dealkylation sites (N-methyl/N-ethyl adjacent to an activating group) is 1. The molecule has 0 fully saturated rings. The maximum atomic E-state index is 10.4. The zero-order valence-electron chi connectivity index (χ0n) is 12.2. The minimum Gasteiger partial charge on any atom is -0.544 e. The number of carbonyl (C=O) groups excluding carboxylic acids is 1. The molecule has 1 aliphatic heterocycles. The fourth-order valence-corrected chi connectivity index (χ4v) is 1.43. The van der Waals surface area contributed by atoms with Crippen molar-refractivity contribution in [3.8, 4) is 0 Å². The number of quaternary nitrogens is 2. The molecule has 2 atom stereocenters. The van der Waals surface area contributed by atoms with Gasteiger partial charge in [-0.15, -0.1) is 0 Å². The van der Waals surface area contributed by atoms with E-state index in [0.29, 0.717) is 4.48 Å². The van der Waals surface area contributed by atoms with Crippen LogP contribution < -0.4 is 5.11 Å². The lowest BCUT2D eigenvalue weighted by atomic mass is 10.4. The number of aliphatic carboxylic acids is 2. The highest BCUT2D eigenvalue weighted by Gasteiger charge is 2.34. The summed E-state index contributed by atoms with van der Waals surface area (Å²) in [6.45, 7) is 1.42. The first-order chi connectivity index (χ1) is 8.98. The van der Waals surface area contributed by atoms with Gasteiger partial charge in [0.1, 0.15) is 12.7 Å². The molecule has 20 heavy (non-hydrogen) atoms. The van der Waals surface area contributed by atoms with Gasteiger partial charge in [-0.05, 0) is 0 Å². The van der Waals surface area contributed by atoms with Crippen LogP contribution in [0.25, 0.3) is 0 Å². The summed E-state index contributed by atoms with van der Waals surface area (Å²) >= 11 is 0. The van der Waals surface area contributed by atoms with Crippen molar-refractivity contribution in [2.75, 3.05) is 34.2 Å². The minimum absolute atomic E-state index is 0.0694. The topological polar surface area (TPSA) is 110 Å². The van der Waals surface area contributed by atoms with Crippen LogP contribution >= 0.6 is 0 Å². The second-order valence-corrected chi connectivity index (χ2v) is 5.56. The standard InChI is InChI=1S/C7H10N2O3.C5H11NO2/c1-6(10)9(4-7(11)12)3-2-8-5-9;1-6(2,3)4-5(7)8/h2-3,5-6,10H,4H2,1H3;4H2,1-3H3/p+1. The lowest BCUT2D eigenvalue weighted by Crippen LogP contribution is -2.50. The quantitative estimate of drug-likeness (QED) is 0.579. The molecule has 8 heteroatoms. The number of aliphatic hydroxyl groups is 1. The average molecular weight is 288 g/mol. The van der Waals surface area contributed by atoms with Gasteiger partial charge in [0, 0.05) is 6.92 Å². The summed E-state index contributed by atoms with van der Waals surface area (Å²) in [5, 5.41) is 27.8. The summed E-state index contributed by atoms with van der Waals surface area (Å²) in [5.74, 6) is -1.97. The van der Waals surface area contributed by atoms with Gasteiger partial charge in [-0.25, -0.2) is 14.3 Å². The van der Waals surface area contributed by atoms with Crippen LogP contribution in [0.4, 0.5) is 0 Å². The summed E-state index contributed by atoms with van der Waals surface area (Å²) in [5.41, 5.74) is 0. The van der Waals surface area contributed by atoms with E-state index < -0.39 is 18.2 Å². The van der Waals surface area contributed by atoms with Crippen molar-refractivity contribution in [1.29, 1.82) is 0 Å². The van der Waals surface area contributed by atoms with Crippen LogP contribution in [0, 0.1) is 0 Å². The Bertz CT molecular complexity index is 398. The zero-order chi connectivity index (χ0) is 16.0. The van der Waals surface area contributed by atoms with E-state index in [1.807, 2.05) is 0 Å². The molecular weight excluding hydrogens is 266 g/mol. The number of nitrogens with zero attached hydrogens (tertiary/aromatic N) is 3. The number of hydrogen-bond acceptors (Lipinski definition) is 5. The molecule has 0 amide bonds. The van der Waals surface area contributed by atoms with Crippen molar-refractivity contribution in [3.05, 3.63) is 12.4 Å². The fourth-order valence-electron chi connectivity index (χ4n) is 1.43. The minimum atomic E-state index is -1.00. The zero-order valence-corrected chi connectivity index (χ0v) is 12.2. The van der Waals surface area contributed by atoms with Crippen molar-refractivity contribution in [2.45, 2.75) is 13.2 Å². The molecule has 1 heterocycles. The van der Waals surface area contributed by atoms with Crippen molar-refractivity contribution < 1.29 is 33.9 Å². The Morgan fingerprint density at radius 3 is 2.15 bits per heavy atom. The van der Waals surface area contributed by atoms with Crippen LogP contribution in [0.5, 0.6) is 0 Å². The molecule has 0 saturated heterocycles. The highest BCUT2D eigenvalue weighted by atomic mass is 16.4. The SMILES string of the molecule is CC(O)[N+]1(CC(=O)O)C=CN=C1.C[N+](C)(C)CC(=O)[O-]. The summed E-state index contributed by atoms with van der Waals surface area (Å²) in [7, 11) is 5.40. The maximum Gasteiger partial charge on any atom is 0.360 e. The average Bonchev–Trinajstić information content (AvgIpc) is 2.63. The Morgan fingerprint density at radius 1 is 1.40 bits per heavy atom. The molecule has 0 aliphatic carbocycles. The van der Waals surface area contributed by atoms with E-state index in [-0.39, 0.29) is 17.6 Å². The van der Waals surface area contributed by atoms with Crippen molar-refractivity contribution in [3.63, 3.8) is 0 Å². The largest absolute Gasteiger partial charge is 0.544 e. The Morgan fingerprint density at radius 2 is 1.95 bits per heavy atom. The van der Waals surface area contributed by atoms with E-state index in [4.69, 9.17) is 5.11 Å². The van der Waals surface area contributed by atoms with Gasteiger partial charge < -0.3 is 24.6 Å². The first-order valence-corrected chi connectivity index (χ1v) is 5.98. The highest BCUT2D eigenvalue weighted by molar-refractivity contribution is 5.70. The molecule has 0 saturated carbocycles. The third-order valence-electron chi connectivity index (χ3n) is 2.42. The fraction of sp³-hybridized carbons (Fsp3) is 0.583. The van der Waals surface area contributed by atoms with E-state index >= 15 is 0 Å². The highest BCUT2D eigenvalue weighted by Crippen LogP contribution is 2.14. The molecule has 2 unspecified atom stereocenters. The van der Waals surface area contributed by atoms with Crippen LogP contribution in [0.15, 0.2) is 17.4 Å². The van der Waals surface area contributed by atoms with Crippen LogP contribution in [-0.2, 0) is 9.59 Å². The predicted octanol–water partition coefficient (Wildman–Crippen LogP) is -1.82. The van der Waals surface area contributed by atoms with Gasteiger partial charge in [0.25, 0.3) is 0 Å². The van der Waals surface area contributed by atoms with Gasteiger partial charge in [0.15, 0.2) is 19.1 Å². The first kappa shape index (κ1) is 18.2. The van der Waals surface area contributed by atoms with Crippen LogP contribution in [0.1, 0.15) is 6.92 Å². The first-order valence-electron chi connectivity index (χ1n) is 5.98. The van der Waals surface area contributed by atoms with Gasteiger partial charge in [-0.1, -0.05) is 0 Å². The van der Waals surface area contributed by atoms with E-state index in [2.05, 4.69) is 4.99 Å². The van der Waals surface area contributed by atoms with Gasteiger partial charge >= 0.3 is 5.97 Å². The van der Waals surface area contributed by atoms with E-state index in [9.17, 15) is 19.8 Å². The van der Waals surface area contributed by atoms with Crippen LogP contribution in [0.3, 0.4) is 0 Å². The molecule has 1 rings (SSSR count). The van der Waals surface area contributed by atoms with Crippen molar-refractivity contribution in [1.82, 2.24) is 0 Å². The van der Waals surface area contributed by atoms with Gasteiger partial charge in [0.05, 0.1) is 33.3 Å². The van der Waals surface area contributed by atoms with E-state index in [1.165, 1.54) is 19.5 Å². The Labute approximate surface area is 118 Å². The smallest absolute Gasteiger partial charge is 0.360 e. The molecule has 8 nitrogen and oxygen atoms in total. The number of carbonyl (C=O) groups is 2. The monoisotopic (exact) mass is 288 g/mol. The molecule has 0 aromatic heterocycles. The lowest BCUT2D eigenvalue weighted by molar-refractivity contribution is -0.864. The summed E-state index contributed by atoms with van der Waals surface area (Å²) in [6.07, 6.45) is 3.66.